The van der Waals surface area contributed by atoms with E-state index in [0.717, 1.165) is 22.4 Å². The van der Waals surface area contributed by atoms with Crippen molar-refractivity contribution >= 4 is 11.9 Å². The van der Waals surface area contributed by atoms with Gasteiger partial charge in [0.25, 0.3) is 0 Å². The number of hydrogen-bond donors (Lipinski definition) is 2. The van der Waals surface area contributed by atoms with Crippen molar-refractivity contribution < 1.29 is 14.7 Å². The summed E-state index contributed by atoms with van der Waals surface area (Å²) in [5, 5.41) is 11.9. The van der Waals surface area contributed by atoms with Crippen molar-refractivity contribution in [2.24, 2.45) is 0 Å². The van der Waals surface area contributed by atoms with Crippen LogP contribution in [0.1, 0.15) is 34.8 Å². The maximum absolute atomic E-state index is 12.2. The number of rotatable bonds is 6. The van der Waals surface area contributed by atoms with Crippen molar-refractivity contribution in [1.82, 2.24) is 10.3 Å². The fourth-order valence-corrected chi connectivity index (χ4v) is 2.42. The lowest BCUT2D eigenvalue weighted by molar-refractivity contribution is -0.137. The van der Waals surface area contributed by atoms with Gasteiger partial charge in [-0.15, -0.1) is 0 Å². The number of hydrogen-bond acceptors (Lipinski definition) is 3. The van der Waals surface area contributed by atoms with Gasteiger partial charge in [0.15, 0.2) is 0 Å². The van der Waals surface area contributed by atoms with Crippen molar-refractivity contribution in [1.29, 1.82) is 0 Å². The number of carbonyl (C=O) groups is 2. The SMILES string of the molecule is Cc1ccc(CC(=O)NC(CC(=O)O)c2ccccc2C)cn1. The highest BCUT2D eigenvalue weighted by atomic mass is 16.4. The molecule has 5 heteroatoms. The Morgan fingerprint density at radius 1 is 1.17 bits per heavy atom. The number of pyridine rings is 1. The van der Waals surface area contributed by atoms with Crippen LogP contribution < -0.4 is 5.32 Å². The average molecular weight is 312 g/mol. The topological polar surface area (TPSA) is 79.3 Å². The molecule has 1 atom stereocenters. The molecule has 0 bridgehead atoms. The molecule has 1 aromatic heterocycles. The highest BCUT2D eigenvalue weighted by molar-refractivity contribution is 5.80. The van der Waals surface area contributed by atoms with E-state index >= 15 is 0 Å². The van der Waals surface area contributed by atoms with Crippen molar-refractivity contribution in [3.63, 3.8) is 0 Å². The molecule has 1 heterocycles. The summed E-state index contributed by atoms with van der Waals surface area (Å²) >= 11 is 0. The molecule has 1 aromatic carbocycles. The Kier molecular flexibility index (Phi) is 5.46. The number of carboxylic acid groups (broad SMARTS) is 1. The average Bonchev–Trinajstić information content (AvgIpc) is 2.49. The van der Waals surface area contributed by atoms with Crippen LogP contribution in [0.5, 0.6) is 0 Å². The largest absolute Gasteiger partial charge is 0.481 e. The summed E-state index contributed by atoms with van der Waals surface area (Å²) in [4.78, 5) is 27.5. The molecule has 120 valence electrons. The van der Waals surface area contributed by atoms with E-state index in [1.165, 1.54) is 0 Å². The number of nitrogens with zero attached hydrogens (tertiary/aromatic N) is 1. The number of nitrogens with one attached hydrogen (secondary N) is 1. The monoisotopic (exact) mass is 312 g/mol. The second-order valence-corrected chi connectivity index (χ2v) is 5.56. The van der Waals surface area contributed by atoms with E-state index in [-0.39, 0.29) is 18.7 Å². The van der Waals surface area contributed by atoms with Crippen molar-refractivity contribution in [3.8, 4) is 0 Å². The van der Waals surface area contributed by atoms with Gasteiger partial charge >= 0.3 is 5.97 Å². The minimum absolute atomic E-state index is 0.150. The molecule has 0 spiro atoms. The van der Waals surface area contributed by atoms with Gasteiger partial charge in [-0.25, -0.2) is 0 Å². The Morgan fingerprint density at radius 2 is 1.91 bits per heavy atom. The Balaban J connectivity index is 2.11. The molecule has 1 unspecified atom stereocenters. The molecule has 2 aromatic rings. The molecule has 2 rings (SSSR count). The Labute approximate surface area is 135 Å². The molecule has 5 nitrogen and oxygen atoms in total. The third-order valence-corrected chi connectivity index (χ3v) is 3.62. The van der Waals surface area contributed by atoms with E-state index in [0.29, 0.717) is 0 Å². The Bertz CT molecular complexity index is 696. The standard InChI is InChI=1S/C18H20N2O3/c1-12-5-3-4-6-15(12)16(10-18(22)23)20-17(21)9-14-8-7-13(2)19-11-14/h3-8,11,16H,9-10H2,1-2H3,(H,20,21)(H,22,23). The lowest BCUT2D eigenvalue weighted by atomic mass is 9.98. The van der Waals surface area contributed by atoms with Crippen LogP contribution in [0, 0.1) is 13.8 Å². The van der Waals surface area contributed by atoms with Crippen LogP contribution in [0.15, 0.2) is 42.6 Å². The third kappa shape index (κ3) is 4.92. The van der Waals surface area contributed by atoms with Gasteiger partial charge in [0.1, 0.15) is 0 Å². The van der Waals surface area contributed by atoms with Gasteiger partial charge in [-0.2, -0.15) is 0 Å². The summed E-state index contributed by atoms with van der Waals surface area (Å²) < 4.78 is 0. The minimum atomic E-state index is -0.949. The van der Waals surface area contributed by atoms with Gasteiger partial charge in [0.2, 0.25) is 5.91 Å². The number of aromatic nitrogens is 1. The molecule has 2 N–H and O–H groups in total. The maximum atomic E-state index is 12.2. The molecule has 0 radical (unpaired) electrons. The summed E-state index contributed by atoms with van der Waals surface area (Å²) in [6.07, 6.45) is 1.69. The number of amides is 1. The van der Waals surface area contributed by atoms with Gasteiger partial charge < -0.3 is 10.4 Å². The number of aliphatic carboxylic acids is 1. The third-order valence-electron chi connectivity index (χ3n) is 3.62. The second kappa shape index (κ2) is 7.54. The summed E-state index contributed by atoms with van der Waals surface area (Å²) in [7, 11) is 0. The van der Waals surface area contributed by atoms with Gasteiger partial charge in [-0.1, -0.05) is 30.3 Å². The first-order chi connectivity index (χ1) is 11.0. The lowest BCUT2D eigenvalue weighted by Gasteiger charge is -2.19. The number of benzene rings is 1. The van der Waals surface area contributed by atoms with Crippen LogP contribution in [0.2, 0.25) is 0 Å². The van der Waals surface area contributed by atoms with Crippen LogP contribution in [0.3, 0.4) is 0 Å². The van der Waals surface area contributed by atoms with E-state index in [4.69, 9.17) is 5.11 Å². The zero-order valence-electron chi connectivity index (χ0n) is 13.2. The van der Waals surface area contributed by atoms with Crippen molar-refractivity contribution in [3.05, 3.63) is 65.0 Å². The molecular weight excluding hydrogens is 292 g/mol. The predicted octanol–water partition coefficient (Wildman–Crippen LogP) is 2.57. The quantitative estimate of drug-likeness (QED) is 0.859. The van der Waals surface area contributed by atoms with Gasteiger partial charge in [-0.3, -0.25) is 14.6 Å². The number of aryl methyl sites for hydroxylation is 2. The molecule has 0 saturated carbocycles. The number of carboxylic acids is 1. The molecule has 0 aliphatic rings. The molecule has 0 aliphatic heterocycles. The molecule has 0 saturated heterocycles. The van der Waals surface area contributed by atoms with Gasteiger partial charge in [0.05, 0.1) is 18.9 Å². The van der Waals surface area contributed by atoms with Crippen LogP contribution >= 0.6 is 0 Å². The first-order valence-electron chi connectivity index (χ1n) is 7.44. The Hall–Kier alpha value is -2.69. The van der Waals surface area contributed by atoms with Crippen molar-refractivity contribution in [2.45, 2.75) is 32.7 Å². The van der Waals surface area contributed by atoms with Gasteiger partial charge in [0, 0.05) is 11.9 Å². The lowest BCUT2D eigenvalue weighted by Crippen LogP contribution is -2.31. The zero-order valence-corrected chi connectivity index (χ0v) is 13.2. The molecule has 0 aliphatic carbocycles. The van der Waals surface area contributed by atoms with Crippen LogP contribution in [0.25, 0.3) is 0 Å². The zero-order chi connectivity index (χ0) is 16.8. The smallest absolute Gasteiger partial charge is 0.305 e. The normalized spacial score (nSPS) is 11.7. The first-order valence-corrected chi connectivity index (χ1v) is 7.44. The highest BCUT2D eigenvalue weighted by Gasteiger charge is 2.19. The van der Waals surface area contributed by atoms with Crippen LogP contribution in [0.4, 0.5) is 0 Å². The summed E-state index contributed by atoms with van der Waals surface area (Å²) in [5.41, 5.74) is 3.46. The number of carbonyl (C=O) groups excluding carboxylic acids is 1. The van der Waals surface area contributed by atoms with Crippen molar-refractivity contribution in [2.75, 3.05) is 0 Å². The molecule has 23 heavy (non-hydrogen) atoms. The molecule has 0 fully saturated rings. The van der Waals surface area contributed by atoms with Crippen LogP contribution in [-0.4, -0.2) is 22.0 Å². The fraction of sp³-hybridized carbons (Fsp3) is 0.278. The second-order valence-electron chi connectivity index (χ2n) is 5.56. The maximum Gasteiger partial charge on any atom is 0.305 e. The minimum Gasteiger partial charge on any atom is -0.481 e. The van der Waals surface area contributed by atoms with Crippen LogP contribution in [-0.2, 0) is 16.0 Å². The predicted molar refractivity (Wildman–Crippen MR) is 87.0 cm³/mol. The van der Waals surface area contributed by atoms with E-state index in [2.05, 4.69) is 10.3 Å². The van der Waals surface area contributed by atoms with E-state index in [1.54, 1.807) is 6.20 Å². The summed E-state index contributed by atoms with van der Waals surface area (Å²) in [6.45, 7) is 3.78. The summed E-state index contributed by atoms with van der Waals surface area (Å²) in [6, 6.07) is 10.6. The van der Waals surface area contributed by atoms with Gasteiger partial charge in [-0.05, 0) is 36.6 Å². The van der Waals surface area contributed by atoms with E-state index in [9.17, 15) is 9.59 Å². The highest BCUT2D eigenvalue weighted by Crippen LogP contribution is 2.20. The first kappa shape index (κ1) is 16.7. The molecular formula is C18H20N2O3. The fourth-order valence-electron chi connectivity index (χ4n) is 2.42. The summed E-state index contributed by atoms with van der Waals surface area (Å²) in [5.74, 6) is -1.17. The Morgan fingerprint density at radius 3 is 2.52 bits per heavy atom. The van der Waals surface area contributed by atoms with E-state index < -0.39 is 12.0 Å². The molecule has 1 amide bonds. The van der Waals surface area contributed by atoms with E-state index in [1.807, 2.05) is 50.2 Å².